The van der Waals surface area contributed by atoms with Gasteiger partial charge in [0.1, 0.15) is 0 Å². The molecular weight excluding hydrogens is 118 g/mol. The molecule has 0 aromatic rings. The van der Waals surface area contributed by atoms with Gasteiger partial charge in [0, 0.05) is 0 Å². The average molecular weight is 129 g/mol. The molecular formula is C6H11NO2. The molecule has 0 amide bonds. The smallest absolute Gasteiger partial charge is 0.319 e. The van der Waals surface area contributed by atoms with Crippen LogP contribution in [0.1, 0.15) is 6.92 Å². The SMILES string of the molecule is [CH]CNCC(=O)OCC. The Kier molecular flexibility index (Phi) is 5.21. The summed E-state index contributed by atoms with van der Waals surface area (Å²) in [5, 5.41) is 2.64. The van der Waals surface area contributed by atoms with Crippen molar-refractivity contribution < 1.29 is 9.53 Å². The molecule has 0 fully saturated rings. The standard InChI is InChI=1S/C6H11NO2/c1-3-7-5-6(8)9-4-2/h1,7H,3-5H2,2H3. The Bertz CT molecular complexity index is 83.1. The highest BCUT2D eigenvalue weighted by Crippen LogP contribution is 1.73. The summed E-state index contributed by atoms with van der Waals surface area (Å²) >= 11 is 0. The molecule has 0 aliphatic carbocycles. The van der Waals surface area contributed by atoms with Gasteiger partial charge in [0.15, 0.2) is 0 Å². The monoisotopic (exact) mass is 129 g/mol. The van der Waals surface area contributed by atoms with E-state index < -0.39 is 0 Å². The zero-order valence-corrected chi connectivity index (χ0v) is 5.52. The zero-order valence-electron chi connectivity index (χ0n) is 5.52. The molecule has 0 spiro atoms. The Labute approximate surface area is 55.4 Å². The van der Waals surface area contributed by atoms with Crippen molar-refractivity contribution in [2.75, 3.05) is 19.7 Å². The first-order valence-electron chi connectivity index (χ1n) is 2.87. The van der Waals surface area contributed by atoms with Crippen LogP contribution in [0.2, 0.25) is 0 Å². The molecule has 0 aromatic carbocycles. The van der Waals surface area contributed by atoms with Crippen LogP contribution >= 0.6 is 0 Å². The molecule has 52 valence electrons. The van der Waals surface area contributed by atoms with Crippen molar-refractivity contribution >= 4 is 5.97 Å². The largest absolute Gasteiger partial charge is 0.465 e. The highest BCUT2D eigenvalue weighted by Gasteiger charge is 1.96. The summed E-state index contributed by atoms with van der Waals surface area (Å²) in [4.78, 5) is 10.5. The van der Waals surface area contributed by atoms with Gasteiger partial charge in [-0.1, -0.05) is 0 Å². The maximum absolute atomic E-state index is 10.5. The second-order valence-electron chi connectivity index (χ2n) is 1.44. The maximum atomic E-state index is 10.5. The maximum Gasteiger partial charge on any atom is 0.319 e. The first-order chi connectivity index (χ1) is 4.31. The van der Waals surface area contributed by atoms with Crippen molar-refractivity contribution in [3.05, 3.63) is 6.92 Å². The number of ether oxygens (including phenoxy) is 1. The molecule has 0 bridgehead atoms. The minimum atomic E-state index is -0.261. The number of rotatable bonds is 4. The van der Waals surface area contributed by atoms with E-state index >= 15 is 0 Å². The fourth-order valence-corrected chi connectivity index (χ4v) is 0.386. The van der Waals surface area contributed by atoms with Crippen molar-refractivity contribution in [2.24, 2.45) is 0 Å². The van der Waals surface area contributed by atoms with Crippen LogP contribution in [-0.4, -0.2) is 25.7 Å². The fourth-order valence-electron chi connectivity index (χ4n) is 0.386. The molecule has 9 heavy (non-hydrogen) atoms. The first kappa shape index (κ1) is 8.43. The number of esters is 1. The molecule has 0 saturated carbocycles. The molecule has 3 nitrogen and oxygen atoms in total. The van der Waals surface area contributed by atoms with Crippen molar-refractivity contribution in [2.45, 2.75) is 6.92 Å². The predicted octanol–water partition coefficient (Wildman–Crippen LogP) is -0.150. The molecule has 2 radical (unpaired) electrons. The molecule has 0 unspecified atom stereocenters. The normalized spacial score (nSPS) is 9.11. The minimum absolute atomic E-state index is 0.199. The van der Waals surface area contributed by atoms with Gasteiger partial charge in [0.2, 0.25) is 0 Å². The summed E-state index contributed by atoms with van der Waals surface area (Å²) in [7, 11) is 0. The summed E-state index contributed by atoms with van der Waals surface area (Å²) in [5.74, 6) is -0.261. The molecule has 1 N–H and O–H groups in total. The van der Waals surface area contributed by atoms with Crippen LogP contribution in [0, 0.1) is 6.92 Å². The zero-order chi connectivity index (χ0) is 7.11. The van der Waals surface area contributed by atoms with Crippen molar-refractivity contribution in [1.29, 1.82) is 0 Å². The van der Waals surface area contributed by atoms with E-state index in [0.29, 0.717) is 13.2 Å². The van der Waals surface area contributed by atoms with E-state index in [1.165, 1.54) is 0 Å². The summed E-state index contributed by atoms with van der Waals surface area (Å²) in [6, 6.07) is 0. The Morgan fingerprint density at radius 1 is 1.78 bits per heavy atom. The summed E-state index contributed by atoms with van der Waals surface area (Å²) < 4.78 is 4.59. The molecule has 0 aliphatic rings. The quantitative estimate of drug-likeness (QED) is 0.536. The number of nitrogens with one attached hydrogen (secondary N) is 1. The minimum Gasteiger partial charge on any atom is -0.465 e. The van der Waals surface area contributed by atoms with Gasteiger partial charge < -0.3 is 10.1 Å². The lowest BCUT2D eigenvalue weighted by molar-refractivity contribution is -0.141. The molecule has 0 rings (SSSR count). The van der Waals surface area contributed by atoms with Crippen LogP contribution in [0.3, 0.4) is 0 Å². The lowest BCUT2D eigenvalue weighted by atomic mass is 10.6. The summed E-state index contributed by atoms with van der Waals surface area (Å²) in [5.41, 5.74) is 0. The predicted molar refractivity (Wildman–Crippen MR) is 33.8 cm³/mol. The van der Waals surface area contributed by atoms with Gasteiger partial charge in [0.25, 0.3) is 0 Å². The first-order valence-corrected chi connectivity index (χ1v) is 2.87. The lowest BCUT2D eigenvalue weighted by Gasteiger charge is -1.99. The Hall–Kier alpha value is -0.570. The average Bonchev–Trinajstić information content (AvgIpc) is 1.85. The van der Waals surface area contributed by atoms with E-state index in [9.17, 15) is 4.79 Å². The van der Waals surface area contributed by atoms with E-state index in [1.54, 1.807) is 6.92 Å². The molecule has 3 heteroatoms. The topological polar surface area (TPSA) is 38.3 Å². The van der Waals surface area contributed by atoms with Crippen molar-refractivity contribution in [3.63, 3.8) is 0 Å². The van der Waals surface area contributed by atoms with Gasteiger partial charge in [-0.3, -0.25) is 4.79 Å². The van der Waals surface area contributed by atoms with E-state index in [0.717, 1.165) is 0 Å². The van der Waals surface area contributed by atoms with E-state index in [2.05, 4.69) is 10.1 Å². The lowest BCUT2D eigenvalue weighted by Crippen LogP contribution is -2.24. The highest BCUT2D eigenvalue weighted by atomic mass is 16.5. The molecule has 0 aliphatic heterocycles. The van der Waals surface area contributed by atoms with Crippen LogP contribution in [-0.2, 0) is 9.53 Å². The second kappa shape index (κ2) is 5.56. The van der Waals surface area contributed by atoms with Gasteiger partial charge in [-0.2, -0.15) is 0 Å². The third-order valence-electron chi connectivity index (χ3n) is 0.719. The van der Waals surface area contributed by atoms with Crippen molar-refractivity contribution in [1.82, 2.24) is 5.32 Å². The van der Waals surface area contributed by atoms with E-state index in [4.69, 9.17) is 6.92 Å². The Morgan fingerprint density at radius 3 is 2.89 bits per heavy atom. The van der Waals surface area contributed by atoms with Crippen molar-refractivity contribution in [3.8, 4) is 0 Å². The van der Waals surface area contributed by atoms with E-state index in [1.807, 2.05) is 0 Å². The number of carbonyl (C=O) groups is 1. The van der Waals surface area contributed by atoms with E-state index in [-0.39, 0.29) is 12.5 Å². The summed E-state index contributed by atoms with van der Waals surface area (Å²) in [6.45, 7) is 7.74. The van der Waals surface area contributed by atoms with Gasteiger partial charge in [-0.05, 0) is 20.4 Å². The Balaban J connectivity index is 3.06. The van der Waals surface area contributed by atoms with Gasteiger partial charge in [-0.25, -0.2) is 0 Å². The van der Waals surface area contributed by atoms with Crippen LogP contribution < -0.4 is 5.32 Å². The van der Waals surface area contributed by atoms with Crippen LogP contribution in [0.4, 0.5) is 0 Å². The number of hydrogen-bond acceptors (Lipinski definition) is 3. The second-order valence-corrected chi connectivity index (χ2v) is 1.44. The third-order valence-corrected chi connectivity index (χ3v) is 0.719. The molecule has 0 saturated heterocycles. The molecule has 0 atom stereocenters. The van der Waals surface area contributed by atoms with Gasteiger partial charge >= 0.3 is 5.97 Å². The number of hydrogen-bond donors (Lipinski definition) is 1. The Morgan fingerprint density at radius 2 is 2.44 bits per heavy atom. The molecule has 0 aromatic heterocycles. The van der Waals surface area contributed by atoms with Crippen LogP contribution in [0.5, 0.6) is 0 Å². The van der Waals surface area contributed by atoms with Gasteiger partial charge in [0.05, 0.1) is 13.2 Å². The molecule has 0 heterocycles. The summed E-state index contributed by atoms with van der Waals surface area (Å²) in [6.07, 6.45) is 0. The third kappa shape index (κ3) is 5.30. The van der Waals surface area contributed by atoms with Crippen LogP contribution in [0.25, 0.3) is 0 Å². The highest BCUT2D eigenvalue weighted by molar-refractivity contribution is 5.71. The fraction of sp³-hybridized carbons (Fsp3) is 0.667. The van der Waals surface area contributed by atoms with Crippen LogP contribution in [0.15, 0.2) is 0 Å². The number of carbonyl (C=O) groups excluding carboxylic acids is 1. The van der Waals surface area contributed by atoms with Gasteiger partial charge in [-0.15, -0.1) is 0 Å².